The molecule has 0 saturated carbocycles. The van der Waals surface area contributed by atoms with E-state index in [-0.39, 0.29) is 5.91 Å². The summed E-state index contributed by atoms with van der Waals surface area (Å²) in [6.45, 7) is 1.85. The number of rotatable bonds is 4. The number of pyridine rings is 1. The first kappa shape index (κ1) is 13.7. The Kier molecular flexibility index (Phi) is 5.32. The molecule has 18 heavy (non-hydrogen) atoms. The lowest BCUT2D eigenvalue weighted by molar-refractivity contribution is -0.129. The van der Waals surface area contributed by atoms with Crippen molar-refractivity contribution in [2.45, 2.75) is 25.0 Å². The molecule has 0 aromatic carbocycles. The molecule has 1 aliphatic heterocycles. The van der Waals surface area contributed by atoms with E-state index in [9.17, 15) is 4.79 Å². The fourth-order valence-corrected chi connectivity index (χ4v) is 3.02. The molecule has 0 bridgehead atoms. The van der Waals surface area contributed by atoms with Crippen LogP contribution in [0.5, 0.6) is 0 Å². The highest BCUT2D eigenvalue weighted by Gasteiger charge is 2.15. The second-order valence-electron chi connectivity index (χ2n) is 4.39. The number of carbonyl (C=O) groups excluding carboxylic acids is 1. The second kappa shape index (κ2) is 7.00. The van der Waals surface area contributed by atoms with Crippen molar-refractivity contribution in [2.75, 3.05) is 18.8 Å². The molecule has 0 aliphatic carbocycles. The van der Waals surface area contributed by atoms with E-state index in [1.807, 2.05) is 17.0 Å². The van der Waals surface area contributed by atoms with E-state index in [1.165, 1.54) is 6.42 Å². The molecule has 1 aromatic rings. The Morgan fingerprint density at radius 2 is 2.11 bits per heavy atom. The molecule has 1 fully saturated rings. The minimum absolute atomic E-state index is 0.252. The lowest BCUT2D eigenvalue weighted by Gasteiger charge is -2.26. The Balaban J connectivity index is 1.73. The third kappa shape index (κ3) is 4.18. The lowest BCUT2D eigenvalue weighted by Crippen LogP contribution is -2.36. The van der Waals surface area contributed by atoms with Crippen molar-refractivity contribution >= 4 is 29.3 Å². The molecule has 0 spiro atoms. The lowest BCUT2D eigenvalue weighted by atomic mass is 10.1. The zero-order chi connectivity index (χ0) is 12.8. The van der Waals surface area contributed by atoms with Crippen LogP contribution in [0.1, 0.15) is 25.0 Å². The van der Waals surface area contributed by atoms with E-state index in [2.05, 4.69) is 4.98 Å². The van der Waals surface area contributed by atoms with Crippen molar-refractivity contribution in [1.29, 1.82) is 0 Å². The van der Waals surface area contributed by atoms with Crippen molar-refractivity contribution in [3.8, 4) is 0 Å². The number of nitrogens with zero attached hydrogens (tertiary/aromatic N) is 2. The van der Waals surface area contributed by atoms with Crippen LogP contribution in [0.4, 0.5) is 0 Å². The fraction of sp³-hybridized carbons (Fsp3) is 0.538. The van der Waals surface area contributed by atoms with Crippen molar-refractivity contribution in [3.05, 3.63) is 29.0 Å². The number of likely N-dealkylation sites (tertiary alicyclic amines) is 1. The van der Waals surface area contributed by atoms with Gasteiger partial charge in [0.1, 0.15) is 5.15 Å². The normalized spacial score (nSPS) is 15.7. The second-order valence-corrected chi connectivity index (χ2v) is 5.76. The van der Waals surface area contributed by atoms with E-state index in [0.717, 1.165) is 37.4 Å². The summed E-state index contributed by atoms with van der Waals surface area (Å²) in [5.74, 6) is 1.52. The van der Waals surface area contributed by atoms with Gasteiger partial charge in [0, 0.05) is 18.8 Å². The topological polar surface area (TPSA) is 33.2 Å². The monoisotopic (exact) mass is 284 g/mol. The standard InChI is InChI=1S/C13H17ClN2OS/c14-12-6-4-5-11(15-12)9-18-10-13(17)16-7-2-1-3-8-16/h4-6H,1-3,7-10H2. The largest absolute Gasteiger partial charge is 0.342 e. The van der Waals surface area contributed by atoms with Gasteiger partial charge in [0.2, 0.25) is 5.91 Å². The van der Waals surface area contributed by atoms with Gasteiger partial charge in [-0.3, -0.25) is 4.79 Å². The average molecular weight is 285 g/mol. The van der Waals surface area contributed by atoms with Gasteiger partial charge >= 0.3 is 0 Å². The smallest absolute Gasteiger partial charge is 0.232 e. The maximum absolute atomic E-state index is 11.9. The molecule has 1 aliphatic rings. The van der Waals surface area contributed by atoms with Crippen molar-refractivity contribution in [2.24, 2.45) is 0 Å². The first-order valence-electron chi connectivity index (χ1n) is 6.22. The number of amides is 1. The van der Waals surface area contributed by atoms with Crippen LogP contribution in [-0.4, -0.2) is 34.6 Å². The highest BCUT2D eigenvalue weighted by Crippen LogP contribution is 2.15. The number of halogens is 1. The minimum atomic E-state index is 0.252. The Labute approximate surface area is 117 Å². The molecule has 3 nitrogen and oxygen atoms in total. The number of carbonyl (C=O) groups is 1. The summed E-state index contributed by atoms with van der Waals surface area (Å²) in [6.07, 6.45) is 3.54. The van der Waals surface area contributed by atoms with Crippen molar-refractivity contribution < 1.29 is 4.79 Å². The molecule has 0 unspecified atom stereocenters. The maximum Gasteiger partial charge on any atom is 0.232 e. The van der Waals surface area contributed by atoms with Crippen molar-refractivity contribution in [1.82, 2.24) is 9.88 Å². The molecule has 2 heterocycles. The Morgan fingerprint density at radius 1 is 1.33 bits per heavy atom. The summed E-state index contributed by atoms with van der Waals surface area (Å²) in [4.78, 5) is 18.1. The van der Waals surface area contributed by atoms with Gasteiger partial charge in [0.05, 0.1) is 11.4 Å². The molecule has 5 heteroatoms. The predicted octanol–water partition coefficient (Wildman–Crippen LogP) is 2.98. The Bertz CT molecular complexity index is 408. The highest BCUT2D eigenvalue weighted by molar-refractivity contribution is 7.99. The van der Waals surface area contributed by atoms with Crippen LogP contribution in [0.15, 0.2) is 18.2 Å². The summed E-state index contributed by atoms with van der Waals surface area (Å²) in [7, 11) is 0. The van der Waals surface area contributed by atoms with Crippen LogP contribution in [0, 0.1) is 0 Å². The van der Waals surface area contributed by atoms with Crippen LogP contribution in [0.3, 0.4) is 0 Å². The molecule has 98 valence electrons. The summed E-state index contributed by atoms with van der Waals surface area (Å²) in [5, 5.41) is 0.510. The van der Waals surface area contributed by atoms with Gasteiger partial charge in [-0.05, 0) is 31.4 Å². The number of hydrogen-bond acceptors (Lipinski definition) is 3. The van der Waals surface area contributed by atoms with E-state index in [1.54, 1.807) is 17.8 Å². The molecular weight excluding hydrogens is 268 g/mol. The zero-order valence-corrected chi connectivity index (χ0v) is 11.8. The molecule has 0 N–H and O–H groups in total. The fourth-order valence-electron chi connectivity index (χ4n) is 2.01. The van der Waals surface area contributed by atoms with Gasteiger partial charge in [-0.2, -0.15) is 0 Å². The number of thioether (sulfide) groups is 1. The van der Waals surface area contributed by atoms with Crippen LogP contribution in [0.2, 0.25) is 5.15 Å². The molecule has 0 radical (unpaired) electrons. The summed E-state index contributed by atoms with van der Waals surface area (Å²) < 4.78 is 0. The van der Waals surface area contributed by atoms with E-state index >= 15 is 0 Å². The Hall–Kier alpha value is -0.740. The summed E-state index contributed by atoms with van der Waals surface area (Å²) in [5.41, 5.74) is 0.930. The van der Waals surface area contributed by atoms with Gasteiger partial charge in [-0.25, -0.2) is 4.98 Å². The van der Waals surface area contributed by atoms with Crippen LogP contribution in [-0.2, 0) is 10.5 Å². The van der Waals surface area contributed by atoms with Gasteiger partial charge in [0.15, 0.2) is 0 Å². The molecular formula is C13H17ClN2OS. The molecule has 1 amide bonds. The number of piperidine rings is 1. The molecule has 2 rings (SSSR count). The minimum Gasteiger partial charge on any atom is -0.342 e. The van der Waals surface area contributed by atoms with Crippen molar-refractivity contribution in [3.63, 3.8) is 0 Å². The zero-order valence-electron chi connectivity index (χ0n) is 10.3. The SMILES string of the molecule is O=C(CSCc1cccc(Cl)n1)N1CCCCC1. The molecule has 1 saturated heterocycles. The summed E-state index contributed by atoms with van der Waals surface area (Å²) in [6, 6.07) is 5.58. The first-order valence-corrected chi connectivity index (χ1v) is 7.76. The number of aromatic nitrogens is 1. The van der Waals surface area contributed by atoms with Gasteiger partial charge in [-0.15, -0.1) is 11.8 Å². The first-order chi connectivity index (χ1) is 8.75. The predicted molar refractivity (Wildman–Crippen MR) is 75.8 cm³/mol. The maximum atomic E-state index is 11.9. The van der Waals surface area contributed by atoms with E-state index < -0.39 is 0 Å². The van der Waals surface area contributed by atoms with Gasteiger partial charge in [-0.1, -0.05) is 17.7 Å². The third-order valence-electron chi connectivity index (χ3n) is 2.96. The van der Waals surface area contributed by atoms with Crippen LogP contribution >= 0.6 is 23.4 Å². The third-order valence-corrected chi connectivity index (χ3v) is 4.12. The van der Waals surface area contributed by atoms with Gasteiger partial charge < -0.3 is 4.90 Å². The van der Waals surface area contributed by atoms with E-state index in [4.69, 9.17) is 11.6 Å². The highest BCUT2D eigenvalue weighted by atomic mass is 35.5. The Morgan fingerprint density at radius 3 is 2.83 bits per heavy atom. The molecule has 1 aromatic heterocycles. The van der Waals surface area contributed by atoms with E-state index in [0.29, 0.717) is 10.9 Å². The van der Waals surface area contributed by atoms with Gasteiger partial charge in [0.25, 0.3) is 0 Å². The summed E-state index contributed by atoms with van der Waals surface area (Å²) >= 11 is 7.42. The van der Waals surface area contributed by atoms with Crippen LogP contribution < -0.4 is 0 Å². The van der Waals surface area contributed by atoms with Crippen LogP contribution in [0.25, 0.3) is 0 Å². The average Bonchev–Trinajstić information content (AvgIpc) is 2.40. The molecule has 0 atom stereocenters. The quantitative estimate of drug-likeness (QED) is 0.797. The number of hydrogen-bond donors (Lipinski definition) is 0.